The molecule has 0 unspecified atom stereocenters. The third-order valence-corrected chi connectivity index (χ3v) is 3.09. The molecule has 0 radical (unpaired) electrons. The van der Waals surface area contributed by atoms with Crippen LogP contribution in [0.25, 0.3) is 10.8 Å². The monoisotopic (exact) mass is 259 g/mol. The Morgan fingerprint density at radius 1 is 1.05 bits per heavy atom. The van der Waals surface area contributed by atoms with Crippen molar-refractivity contribution in [2.45, 2.75) is 13.5 Å². The van der Waals surface area contributed by atoms with Crippen molar-refractivity contribution in [1.82, 2.24) is 5.32 Å². The second kappa shape index (κ2) is 7.12. The number of hydrogen-bond acceptors (Lipinski definition) is 3. The van der Waals surface area contributed by atoms with Gasteiger partial charge < -0.3 is 14.8 Å². The van der Waals surface area contributed by atoms with Crippen LogP contribution in [-0.4, -0.2) is 26.9 Å². The predicted molar refractivity (Wildman–Crippen MR) is 78.7 cm³/mol. The van der Waals surface area contributed by atoms with E-state index in [0.29, 0.717) is 13.2 Å². The summed E-state index contributed by atoms with van der Waals surface area (Å²) in [5, 5.41) is 5.87. The van der Waals surface area contributed by atoms with Gasteiger partial charge in [-0.05, 0) is 23.4 Å². The molecule has 19 heavy (non-hydrogen) atoms. The van der Waals surface area contributed by atoms with Crippen molar-refractivity contribution >= 4 is 10.8 Å². The van der Waals surface area contributed by atoms with Crippen LogP contribution in [0.2, 0.25) is 0 Å². The van der Waals surface area contributed by atoms with Gasteiger partial charge in [0.15, 0.2) is 0 Å². The normalized spacial score (nSPS) is 10.8. The Balaban J connectivity index is 2.32. The zero-order chi connectivity index (χ0) is 13.5. The molecule has 2 aromatic rings. The van der Waals surface area contributed by atoms with E-state index in [-0.39, 0.29) is 0 Å². The number of ether oxygens (including phenoxy) is 2. The molecule has 102 valence electrons. The predicted octanol–water partition coefficient (Wildman–Crippen LogP) is 2.97. The lowest BCUT2D eigenvalue weighted by Crippen LogP contribution is -2.14. The average molecular weight is 259 g/mol. The molecule has 0 saturated carbocycles. The van der Waals surface area contributed by atoms with Gasteiger partial charge in [0.2, 0.25) is 0 Å². The van der Waals surface area contributed by atoms with Crippen LogP contribution >= 0.6 is 0 Å². The highest BCUT2D eigenvalue weighted by Gasteiger charge is 2.08. The van der Waals surface area contributed by atoms with Crippen molar-refractivity contribution in [3.8, 4) is 5.75 Å². The van der Waals surface area contributed by atoms with Crippen LogP contribution in [0.5, 0.6) is 5.75 Å². The van der Waals surface area contributed by atoms with Crippen LogP contribution in [0.4, 0.5) is 0 Å². The molecule has 0 aliphatic rings. The summed E-state index contributed by atoms with van der Waals surface area (Å²) in [6.07, 6.45) is 0. The topological polar surface area (TPSA) is 30.5 Å². The Hall–Kier alpha value is -1.58. The summed E-state index contributed by atoms with van der Waals surface area (Å²) in [7, 11) is 1.68. The Bertz CT molecular complexity index is 525. The van der Waals surface area contributed by atoms with Gasteiger partial charge in [0, 0.05) is 19.2 Å². The first-order valence-electron chi connectivity index (χ1n) is 6.70. The third-order valence-electron chi connectivity index (χ3n) is 3.09. The van der Waals surface area contributed by atoms with Gasteiger partial charge in [0.25, 0.3) is 0 Å². The highest BCUT2D eigenvalue weighted by molar-refractivity contribution is 5.87. The summed E-state index contributed by atoms with van der Waals surface area (Å²) in [5.74, 6) is 0.941. The van der Waals surface area contributed by atoms with Crippen molar-refractivity contribution in [3.63, 3.8) is 0 Å². The fourth-order valence-corrected chi connectivity index (χ4v) is 2.12. The Morgan fingerprint density at radius 3 is 2.68 bits per heavy atom. The van der Waals surface area contributed by atoms with E-state index in [4.69, 9.17) is 9.47 Å². The van der Waals surface area contributed by atoms with E-state index in [2.05, 4.69) is 42.6 Å². The van der Waals surface area contributed by atoms with Gasteiger partial charge in [-0.2, -0.15) is 0 Å². The maximum atomic E-state index is 5.82. The summed E-state index contributed by atoms with van der Waals surface area (Å²) >= 11 is 0. The molecule has 0 atom stereocenters. The molecule has 0 aromatic heterocycles. The molecular weight excluding hydrogens is 238 g/mol. The van der Waals surface area contributed by atoms with E-state index in [1.54, 1.807) is 7.11 Å². The number of nitrogens with one attached hydrogen (secondary N) is 1. The first kappa shape index (κ1) is 13.8. The molecule has 0 fully saturated rings. The van der Waals surface area contributed by atoms with Crippen LogP contribution in [0.15, 0.2) is 36.4 Å². The number of rotatable bonds is 7. The average Bonchev–Trinajstić information content (AvgIpc) is 2.46. The molecular formula is C16H21NO2. The van der Waals surface area contributed by atoms with Crippen molar-refractivity contribution in [3.05, 3.63) is 42.0 Å². The quantitative estimate of drug-likeness (QED) is 0.775. The van der Waals surface area contributed by atoms with E-state index < -0.39 is 0 Å². The fourth-order valence-electron chi connectivity index (χ4n) is 2.12. The lowest BCUT2D eigenvalue weighted by molar-refractivity contribution is 0.146. The van der Waals surface area contributed by atoms with Gasteiger partial charge in [-0.1, -0.05) is 37.3 Å². The number of methoxy groups -OCH3 is 1. The minimum atomic E-state index is 0.577. The molecule has 1 N–H and O–H groups in total. The minimum Gasteiger partial charge on any atom is -0.491 e. The minimum absolute atomic E-state index is 0.577. The Morgan fingerprint density at radius 2 is 1.89 bits per heavy atom. The molecule has 0 aliphatic carbocycles. The van der Waals surface area contributed by atoms with E-state index >= 15 is 0 Å². The zero-order valence-electron chi connectivity index (χ0n) is 11.6. The number of hydrogen-bond donors (Lipinski definition) is 1. The SMILES string of the molecule is CCNCc1c(OCCOC)ccc2ccccc12. The molecule has 0 aliphatic heterocycles. The van der Waals surface area contributed by atoms with Gasteiger partial charge in [-0.3, -0.25) is 0 Å². The fraction of sp³-hybridized carbons (Fsp3) is 0.375. The Kier molecular flexibility index (Phi) is 5.19. The molecule has 0 spiro atoms. The van der Waals surface area contributed by atoms with Crippen LogP contribution in [-0.2, 0) is 11.3 Å². The largest absolute Gasteiger partial charge is 0.491 e. The first-order valence-corrected chi connectivity index (χ1v) is 6.70. The van der Waals surface area contributed by atoms with Gasteiger partial charge >= 0.3 is 0 Å². The maximum Gasteiger partial charge on any atom is 0.124 e. The van der Waals surface area contributed by atoms with E-state index in [1.165, 1.54) is 16.3 Å². The van der Waals surface area contributed by atoms with Crippen molar-refractivity contribution < 1.29 is 9.47 Å². The smallest absolute Gasteiger partial charge is 0.124 e. The summed E-state index contributed by atoms with van der Waals surface area (Å²) < 4.78 is 10.8. The molecule has 0 amide bonds. The highest BCUT2D eigenvalue weighted by Crippen LogP contribution is 2.28. The molecule has 2 aromatic carbocycles. The van der Waals surface area contributed by atoms with Crippen molar-refractivity contribution in [2.75, 3.05) is 26.9 Å². The van der Waals surface area contributed by atoms with Gasteiger partial charge in [-0.15, -0.1) is 0 Å². The molecule has 3 nitrogen and oxygen atoms in total. The van der Waals surface area contributed by atoms with E-state index in [0.717, 1.165) is 18.8 Å². The van der Waals surface area contributed by atoms with Crippen LogP contribution in [0, 0.1) is 0 Å². The summed E-state index contributed by atoms with van der Waals surface area (Å²) in [4.78, 5) is 0. The van der Waals surface area contributed by atoms with Crippen LogP contribution in [0.3, 0.4) is 0 Å². The van der Waals surface area contributed by atoms with Crippen LogP contribution in [0.1, 0.15) is 12.5 Å². The highest BCUT2D eigenvalue weighted by atomic mass is 16.5. The maximum absolute atomic E-state index is 5.82. The van der Waals surface area contributed by atoms with Crippen molar-refractivity contribution in [2.24, 2.45) is 0 Å². The Labute approximate surface area is 114 Å². The summed E-state index contributed by atoms with van der Waals surface area (Å²) in [6.45, 7) is 5.05. The first-order chi connectivity index (χ1) is 9.36. The standard InChI is InChI=1S/C16H21NO2/c1-3-17-12-15-14-7-5-4-6-13(14)8-9-16(15)19-11-10-18-2/h4-9,17H,3,10-12H2,1-2H3. The number of benzene rings is 2. The number of fused-ring (bicyclic) bond motifs is 1. The molecule has 0 bridgehead atoms. The molecule has 2 rings (SSSR count). The second-order valence-electron chi connectivity index (χ2n) is 4.38. The second-order valence-corrected chi connectivity index (χ2v) is 4.38. The van der Waals surface area contributed by atoms with Crippen molar-refractivity contribution in [1.29, 1.82) is 0 Å². The molecule has 0 heterocycles. The molecule has 0 saturated heterocycles. The zero-order valence-corrected chi connectivity index (χ0v) is 11.6. The van der Waals surface area contributed by atoms with E-state index in [1.807, 2.05) is 6.07 Å². The van der Waals surface area contributed by atoms with Crippen LogP contribution < -0.4 is 10.1 Å². The molecule has 3 heteroatoms. The summed E-state index contributed by atoms with van der Waals surface area (Å²) in [6, 6.07) is 12.5. The lowest BCUT2D eigenvalue weighted by atomic mass is 10.0. The van der Waals surface area contributed by atoms with Gasteiger partial charge in [0.1, 0.15) is 12.4 Å². The third kappa shape index (κ3) is 3.46. The van der Waals surface area contributed by atoms with E-state index in [9.17, 15) is 0 Å². The lowest BCUT2D eigenvalue weighted by Gasteiger charge is -2.14. The van der Waals surface area contributed by atoms with Gasteiger partial charge in [0.05, 0.1) is 6.61 Å². The van der Waals surface area contributed by atoms with Gasteiger partial charge in [-0.25, -0.2) is 0 Å². The summed E-state index contributed by atoms with van der Waals surface area (Å²) in [5.41, 5.74) is 1.22.